The fraction of sp³-hybridized carbons (Fsp3) is 0.647. The molecule has 1 saturated carbocycles. The molecule has 0 spiro atoms. The van der Waals surface area contributed by atoms with E-state index in [0.29, 0.717) is 17.1 Å². The van der Waals surface area contributed by atoms with Gasteiger partial charge >= 0.3 is 0 Å². The number of nitrogens with zero attached hydrogens (tertiary/aromatic N) is 1. The number of fused-ring (bicyclic) bond motifs is 1. The van der Waals surface area contributed by atoms with E-state index in [2.05, 4.69) is 4.90 Å². The number of nitrogens with two attached hydrogens (primary N) is 1. The van der Waals surface area contributed by atoms with E-state index in [1.54, 1.807) is 12.1 Å². The normalized spacial score (nSPS) is 28.1. The molecular formula is C17H24ClFN2. The smallest absolute Gasteiger partial charge is 0.129 e. The predicted molar refractivity (Wildman–Crippen MR) is 84.8 cm³/mol. The van der Waals surface area contributed by atoms with E-state index >= 15 is 0 Å². The van der Waals surface area contributed by atoms with Gasteiger partial charge in [-0.3, -0.25) is 4.90 Å². The molecule has 2 aliphatic rings. The van der Waals surface area contributed by atoms with Crippen LogP contribution in [0.3, 0.4) is 0 Å². The van der Waals surface area contributed by atoms with Crippen LogP contribution in [0.5, 0.6) is 0 Å². The molecule has 2 nitrogen and oxygen atoms in total. The standard InChI is InChI=1S/C17H24ClFN2/c18-14-6-3-7-15(19)17(14)16(10-20)21-9-8-12-4-1-2-5-13(12)11-21/h3,6-7,12-13,16H,1-2,4-5,8-11,20H2. The van der Waals surface area contributed by atoms with Crippen molar-refractivity contribution in [2.75, 3.05) is 19.6 Å². The van der Waals surface area contributed by atoms with Crippen LogP contribution in [0.1, 0.15) is 43.7 Å². The van der Waals surface area contributed by atoms with Crippen LogP contribution in [0.4, 0.5) is 4.39 Å². The third-order valence-electron chi connectivity index (χ3n) is 5.32. The summed E-state index contributed by atoms with van der Waals surface area (Å²) < 4.78 is 14.2. The molecule has 0 bridgehead atoms. The Hall–Kier alpha value is -0.640. The van der Waals surface area contributed by atoms with Gasteiger partial charge in [0.2, 0.25) is 0 Å². The quantitative estimate of drug-likeness (QED) is 0.914. The number of halogens is 2. The average Bonchev–Trinajstić information content (AvgIpc) is 2.50. The first-order valence-electron chi connectivity index (χ1n) is 8.08. The van der Waals surface area contributed by atoms with Gasteiger partial charge in [-0.05, 0) is 43.4 Å². The third-order valence-corrected chi connectivity index (χ3v) is 5.65. The van der Waals surface area contributed by atoms with Crippen LogP contribution in [0.2, 0.25) is 5.02 Å². The number of likely N-dealkylation sites (tertiary alicyclic amines) is 1. The Bertz CT molecular complexity index is 473. The van der Waals surface area contributed by atoms with Crippen molar-refractivity contribution in [1.82, 2.24) is 4.90 Å². The van der Waals surface area contributed by atoms with Gasteiger partial charge < -0.3 is 5.73 Å². The Labute approximate surface area is 131 Å². The first-order valence-corrected chi connectivity index (χ1v) is 8.46. The van der Waals surface area contributed by atoms with Crippen molar-refractivity contribution < 1.29 is 4.39 Å². The van der Waals surface area contributed by atoms with Gasteiger partial charge in [-0.25, -0.2) is 4.39 Å². The third kappa shape index (κ3) is 3.10. The summed E-state index contributed by atoms with van der Waals surface area (Å²) in [5.74, 6) is 1.39. The highest BCUT2D eigenvalue weighted by Gasteiger charge is 2.35. The number of hydrogen-bond acceptors (Lipinski definition) is 2. The number of hydrogen-bond donors (Lipinski definition) is 1. The van der Waals surface area contributed by atoms with E-state index in [9.17, 15) is 4.39 Å². The second-order valence-corrected chi connectivity index (χ2v) is 6.88. The summed E-state index contributed by atoms with van der Waals surface area (Å²) >= 11 is 6.24. The molecule has 1 heterocycles. The maximum Gasteiger partial charge on any atom is 0.129 e. The molecule has 1 aromatic rings. The summed E-state index contributed by atoms with van der Waals surface area (Å²) in [5, 5.41) is 0.496. The van der Waals surface area contributed by atoms with Crippen molar-refractivity contribution >= 4 is 11.6 Å². The molecule has 0 aromatic heterocycles. The minimum absolute atomic E-state index is 0.0958. The first-order chi connectivity index (χ1) is 10.2. The predicted octanol–water partition coefficient (Wildman–Crippen LogP) is 3.99. The maximum absolute atomic E-state index is 14.2. The largest absolute Gasteiger partial charge is 0.329 e. The van der Waals surface area contributed by atoms with E-state index in [1.807, 2.05) is 0 Å². The minimum atomic E-state index is -0.233. The van der Waals surface area contributed by atoms with Crippen LogP contribution < -0.4 is 5.73 Å². The average molecular weight is 311 g/mol. The van der Waals surface area contributed by atoms with E-state index < -0.39 is 0 Å². The maximum atomic E-state index is 14.2. The van der Waals surface area contributed by atoms with Gasteiger partial charge in [0.1, 0.15) is 5.82 Å². The molecule has 1 saturated heterocycles. The summed E-state index contributed by atoms with van der Waals surface area (Å²) in [4.78, 5) is 2.36. The number of benzene rings is 1. The lowest BCUT2D eigenvalue weighted by Gasteiger charge is -2.44. The monoisotopic (exact) mass is 310 g/mol. The molecule has 2 fully saturated rings. The van der Waals surface area contributed by atoms with Gasteiger partial charge in [0, 0.05) is 23.7 Å². The van der Waals surface area contributed by atoms with E-state index in [-0.39, 0.29) is 11.9 Å². The summed E-state index contributed by atoms with van der Waals surface area (Å²) in [6, 6.07) is 4.80. The molecule has 3 unspecified atom stereocenters. The van der Waals surface area contributed by atoms with Crippen LogP contribution in [-0.2, 0) is 0 Å². The zero-order valence-corrected chi connectivity index (χ0v) is 13.2. The van der Waals surface area contributed by atoms with Gasteiger partial charge in [-0.2, -0.15) is 0 Å². The SMILES string of the molecule is NCC(c1c(F)cccc1Cl)N1CCC2CCCCC2C1. The second-order valence-electron chi connectivity index (χ2n) is 6.48. The zero-order chi connectivity index (χ0) is 14.8. The lowest BCUT2D eigenvalue weighted by atomic mass is 9.74. The zero-order valence-electron chi connectivity index (χ0n) is 12.4. The summed E-state index contributed by atoms with van der Waals surface area (Å²) in [5.41, 5.74) is 6.55. The van der Waals surface area contributed by atoms with Crippen LogP contribution in [0.15, 0.2) is 18.2 Å². The van der Waals surface area contributed by atoms with Crippen LogP contribution >= 0.6 is 11.6 Å². The Morgan fingerprint density at radius 2 is 2.00 bits per heavy atom. The molecule has 1 aromatic carbocycles. The van der Waals surface area contributed by atoms with Crippen LogP contribution in [-0.4, -0.2) is 24.5 Å². The molecule has 1 aliphatic heterocycles. The fourth-order valence-corrected chi connectivity index (χ4v) is 4.48. The van der Waals surface area contributed by atoms with Gasteiger partial charge in [0.15, 0.2) is 0 Å². The highest BCUT2D eigenvalue weighted by molar-refractivity contribution is 6.31. The van der Waals surface area contributed by atoms with Gasteiger partial charge in [0.25, 0.3) is 0 Å². The van der Waals surface area contributed by atoms with Gasteiger partial charge in [-0.1, -0.05) is 36.9 Å². The van der Waals surface area contributed by atoms with Gasteiger partial charge in [0.05, 0.1) is 6.04 Å². The molecule has 1 aliphatic carbocycles. The fourth-order valence-electron chi connectivity index (χ4n) is 4.19. The minimum Gasteiger partial charge on any atom is -0.329 e. The summed E-state index contributed by atoms with van der Waals surface area (Å²) in [7, 11) is 0. The highest BCUT2D eigenvalue weighted by Crippen LogP contribution is 2.39. The summed E-state index contributed by atoms with van der Waals surface area (Å²) in [6.45, 7) is 2.46. The number of rotatable bonds is 3. The van der Waals surface area contributed by atoms with Crippen LogP contribution in [0, 0.1) is 17.7 Å². The summed E-state index contributed by atoms with van der Waals surface area (Å²) in [6.07, 6.45) is 6.60. The van der Waals surface area contributed by atoms with Crippen molar-refractivity contribution in [3.63, 3.8) is 0 Å². The van der Waals surface area contributed by atoms with E-state index in [0.717, 1.165) is 24.9 Å². The lowest BCUT2D eigenvalue weighted by Crippen LogP contribution is -2.45. The highest BCUT2D eigenvalue weighted by atomic mass is 35.5. The van der Waals surface area contributed by atoms with Crippen molar-refractivity contribution in [1.29, 1.82) is 0 Å². The molecule has 2 N–H and O–H groups in total. The molecule has 3 rings (SSSR count). The van der Waals surface area contributed by atoms with Crippen molar-refractivity contribution in [2.45, 2.75) is 38.1 Å². The molecule has 3 atom stereocenters. The Balaban J connectivity index is 1.80. The van der Waals surface area contributed by atoms with Crippen LogP contribution in [0.25, 0.3) is 0 Å². The van der Waals surface area contributed by atoms with Gasteiger partial charge in [-0.15, -0.1) is 0 Å². The molecular weight excluding hydrogens is 287 g/mol. The molecule has 116 valence electrons. The molecule has 4 heteroatoms. The number of piperidine rings is 1. The van der Waals surface area contributed by atoms with E-state index in [4.69, 9.17) is 17.3 Å². The first kappa shape index (κ1) is 15.3. The van der Waals surface area contributed by atoms with Crippen molar-refractivity contribution in [3.8, 4) is 0 Å². The molecule has 21 heavy (non-hydrogen) atoms. The Morgan fingerprint density at radius 1 is 1.24 bits per heavy atom. The lowest BCUT2D eigenvalue weighted by molar-refractivity contribution is 0.0576. The Kier molecular flexibility index (Phi) is 4.82. The Morgan fingerprint density at radius 3 is 2.71 bits per heavy atom. The van der Waals surface area contributed by atoms with Crippen molar-refractivity contribution in [2.24, 2.45) is 17.6 Å². The van der Waals surface area contributed by atoms with E-state index in [1.165, 1.54) is 38.2 Å². The second kappa shape index (κ2) is 6.64. The molecule has 0 amide bonds. The molecule has 0 radical (unpaired) electrons. The van der Waals surface area contributed by atoms with Crippen molar-refractivity contribution in [3.05, 3.63) is 34.6 Å². The topological polar surface area (TPSA) is 29.3 Å².